The number of rotatable bonds is 4. The first kappa shape index (κ1) is 15.2. The van der Waals surface area contributed by atoms with Gasteiger partial charge in [0, 0.05) is 11.8 Å². The standard InChI is InChI=1S/C14H11ClF2N2O2/c1-8-6-11(12(15)18-7-8)19-13(20)9-2-4-10(5-3-9)21-14(16)17/h2-7,14H,1H3,(H,19,20). The molecule has 1 N–H and O–H groups in total. The second kappa shape index (κ2) is 6.49. The van der Waals surface area contributed by atoms with E-state index in [1.165, 1.54) is 24.3 Å². The first-order valence-electron chi connectivity index (χ1n) is 5.94. The number of aromatic nitrogens is 1. The van der Waals surface area contributed by atoms with Crippen LogP contribution in [0.15, 0.2) is 36.5 Å². The summed E-state index contributed by atoms with van der Waals surface area (Å²) in [6, 6.07) is 7.02. The van der Waals surface area contributed by atoms with Crippen molar-refractivity contribution in [2.24, 2.45) is 0 Å². The van der Waals surface area contributed by atoms with Crippen LogP contribution in [0.5, 0.6) is 5.75 Å². The molecule has 1 amide bonds. The molecule has 0 aliphatic heterocycles. The molecule has 0 bridgehead atoms. The third-order valence-corrected chi connectivity index (χ3v) is 2.87. The number of carbonyl (C=O) groups excluding carboxylic acids is 1. The number of ether oxygens (including phenoxy) is 1. The Morgan fingerprint density at radius 3 is 2.62 bits per heavy atom. The molecule has 4 nitrogen and oxygen atoms in total. The van der Waals surface area contributed by atoms with E-state index < -0.39 is 12.5 Å². The molecule has 0 radical (unpaired) electrons. The number of hydrogen-bond donors (Lipinski definition) is 1. The van der Waals surface area contributed by atoms with Gasteiger partial charge in [0.1, 0.15) is 5.75 Å². The van der Waals surface area contributed by atoms with E-state index in [2.05, 4.69) is 15.0 Å². The van der Waals surface area contributed by atoms with Crippen LogP contribution >= 0.6 is 11.6 Å². The minimum atomic E-state index is -2.90. The average Bonchev–Trinajstić information content (AvgIpc) is 2.43. The lowest BCUT2D eigenvalue weighted by atomic mass is 10.2. The summed E-state index contributed by atoms with van der Waals surface area (Å²) in [5.41, 5.74) is 1.51. The summed E-state index contributed by atoms with van der Waals surface area (Å²) in [4.78, 5) is 15.9. The minimum Gasteiger partial charge on any atom is -0.435 e. The minimum absolute atomic E-state index is 0.0168. The van der Waals surface area contributed by atoms with E-state index in [9.17, 15) is 13.6 Å². The summed E-state index contributed by atoms with van der Waals surface area (Å²) in [5.74, 6) is -0.440. The zero-order valence-electron chi connectivity index (χ0n) is 10.9. The maximum absolute atomic E-state index is 12.0. The van der Waals surface area contributed by atoms with Gasteiger partial charge in [0.25, 0.3) is 5.91 Å². The maximum Gasteiger partial charge on any atom is 0.387 e. The van der Waals surface area contributed by atoms with E-state index in [1.807, 2.05) is 6.92 Å². The highest BCUT2D eigenvalue weighted by molar-refractivity contribution is 6.32. The number of pyridine rings is 1. The van der Waals surface area contributed by atoms with Crippen molar-refractivity contribution in [2.75, 3.05) is 5.32 Å². The number of amides is 1. The first-order chi connectivity index (χ1) is 9.95. The van der Waals surface area contributed by atoms with Gasteiger partial charge in [-0.05, 0) is 42.8 Å². The van der Waals surface area contributed by atoms with Gasteiger partial charge in [-0.1, -0.05) is 11.6 Å². The van der Waals surface area contributed by atoms with Crippen molar-refractivity contribution >= 4 is 23.2 Å². The number of hydrogen-bond acceptors (Lipinski definition) is 3. The number of halogens is 3. The maximum atomic E-state index is 12.0. The Morgan fingerprint density at radius 2 is 2.00 bits per heavy atom. The summed E-state index contributed by atoms with van der Waals surface area (Å²) in [6.45, 7) is -1.09. The van der Waals surface area contributed by atoms with Crippen molar-refractivity contribution in [3.63, 3.8) is 0 Å². The van der Waals surface area contributed by atoms with Gasteiger partial charge in [-0.3, -0.25) is 4.79 Å². The van der Waals surface area contributed by atoms with Crippen LogP contribution in [0, 0.1) is 6.92 Å². The first-order valence-corrected chi connectivity index (χ1v) is 6.32. The summed E-state index contributed by atoms with van der Waals surface area (Å²) >= 11 is 5.88. The molecule has 2 aromatic rings. The van der Waals surface area contributed by atoms with Crippen LogP contribution in [0.25, 0.3) is 0 Å². The number of anilines is 1. The number of nitrogens with one attached hydrogen (secondary N) is 1. The van der Waals surface area contributed by atoms with Gasteiger partial charge in [0.05, 0.1) is 5.69 Å². The number of aryl methyl sites for hydroxylation is 1. The van der Waals surface area contributed by atoms with Crippen molar-refractivity contribution in [1.82, 2.24) is 4.98 Å². The summed E-state index contributed by atoms with van der Waals surface area (Å²) in [7, 11) is 0. The van der Waals surface area contributed by atoms with Crippen LogP contribution in [0.4, 0.5) is 14.5 Å². The van der Waals surface area contributed by atoms with E-state index >= 15 is 0 Å². The molecule has 0 unspecified atom stereocenters. The Balaban J connectivity index is 2.11. The molecule has 110 valence electrons. The summed E-state index contributed by atoms with van der Waals surface area (Å²) in [6.07, 6.45) is 1.58. The van der Waals surface area contributed by atoms with Crippen molar-refractivity contribution in [1.29, 1.82) is 0 Å². The predicted molar refractivity (Wildman–Crippen MR) is 75.0 cm³/mol. The van der Waals surface area contributed by atoms with Gasteiger partial charge in [-0.25, -0.2) is 4.98 Å². The van der Waals surface area contributed by atoms with Crippen LogP contribution in [0.3, 0.4) is 0 Å². The number of carbonyl (C=O) groups is 1. The molecule has 7 heteroatoms. The fourth-order valence-corrected chi connectivity index (χ4v) is 1.77. The van der Waals surface area contributed by atoms with Crippen LogP contribution in [0.1, 0.15) is 15.9 Å². The van der Waals surface area contributed by atoms with E-state index in [4.69, 9.17) is 11.6 Å². The molecule has 0 atom stereocenters. The molecule has 0 fully saturated rings. The molecule has 0 aliphatic carbocycles. The highest BCUT2D eigenvalue weighted by Gasteiger charge is 2.10. The summed E-state index contributed by atoms with van der Waals surface area (Å²) < 4.78 is 28.3. The molecular formula is C14H11ClF2N2O2. The molecule has 21 heavy (non-hydrogen) atoms. The predicted octanol–water partition coefficient (Wildman–Crippen LogP) is 3.90. The van der Waals surface area contributed by atoms with Crippen molar-refractivity contribution in [3.8, 4) is 5.75 Å². The topological polar surface area (TPSA) is 51.2 Å². The number of alkyl halides is 2. The van der Waals surface area contributed by atoms with Gasteiger partial charge in [-0.15, -0.1) is 0 Å². The Kier molecular flexibility index (Phi) is 4.70. The van der Waals surface area contributed by atoms with Gasteiger partial charge in [0.2, 0.25) is 0 Å². The monoisotopic (exact) mass is 312 g/mol. The average molecular weight is 313 g/mol. The van der Waals surface area contributed by atoms with Gasteiger partial charge in [-0.2, -0.15) is 8.78 Å². The van der Waals surface area contributed by atoms with Crippen LogP contribution in [-0.2, 0) is 0 Å². The highest BCUT2D eigenvalue weighted by Crippen LogP contribution is 2.21. The van der Waals surface area contributed by atoms with E-state index in [1.54, 1.807) is 12.3 Å². The molecule has 0 spiro atoms. The van der Waals surface area contributed by atoms with E-state index in [-0.39, 0.29) is 16.5 Å². The lowest BCUT2D eigenvalue weighted by molar-refractivity contribution is -0.0498. The third-order valence-electron chi connectivity index (χ3n) is 2.57. The Morgan fingerprint density at radius 1 is 1.33 bits per heavy atom. The van der Waals surface area contributed by atoms with Crippen molar-refractivity contribution in [2.45, 2.75) is 13.5 Å². The fourth-order valence-electron chi connectivity index (χ4n) is 1.62. The third kappa shape index (κ3) is 4.13. The summed E-state index contributed by atoms with van der Waals surface area (Å²) in [5, 5.41) is 2.78. The second-order valence-corrected chi connectivity index (χ2v) is 4.57. The Hall–Kier alpha value is -2.21. The van der Waals surface area contributed by atoms with E-state index in [0.717, 1.165) is 5.56 Å². The zero-order chi connectivity index (χ0) is 15.4. The van der Waals surface area contributed by atoms with Gasteiger partial charge in [0.15, 0.2) is 5.15 Å². The van der Waals surface area contributed by atoms with Crippen LogP contribution in [0.2, 0.25) is 5.15 Å². The molecular weight excluding hydrogens is 302 g/mol. The van der Waals surface area contributed by atoms with Gasteiger partial charge >= 0.3 is 6.61 Å². The largest absolute Gasteiger partial charge is 0.435 e. The number of nitrogens with zero attached hydrogens (tertiary/aromatic N) is 1. The fraction of sp³-hybridized carbons (Fsp3) is 0.143. The van der Waals surface area contributed by atoms with Crippen molar-refractivity contribution in [3.05, 3.63) is 52.8 Å². The molecule has 0 saturated carbocycles. The normalized spacial score (nSPS) is 10.5. The van der Waals surface area contributed by atoms with E-state index in [0.29, 0.717) is 5.69 Å². The van der Waals surface area contributed by atoms with Crippen molar-refractivity contribution < 1.29 is 18.3 Å². The zero-order valence-corrected chi connectivity index (χ0v) is 11.7. The van der Waals surface area contributed by atoms with Crippen LogP contribution < -0.4 is 10.1 Å². The molecule has 1 aromatic heterocycles. The molecule has 0 aliphatic rings. The quantitative estimate of drug-likeness (QED) is 0.871. The molecule has 1 heterocycles. The highest BCUT2D eigenvalue weighted by atomic mass is 35.5. The lowest BCUT2D eigenvalue weighted by Gasteiger charge is -2.08. The Labute approximate surface area is 124 Å². The van der Waals surface area contributed by atoms with Gasteiger partial charge < -0.3 is 10.1 Å². The SMILES string of the molecule is Cc1cnc(Cl)c(NC(=O)c2ccc(OC(F)F)cc2)c1. The second-order valence-electron chi connectivity index (χ2n) is 4.21. The smallest absolute Gasteiger partial charge is 0.387 e. The van der Waals surface area contributed by atoms with Crippen LogP contribution in [-0.4, -0.2) is 17.5 Å². The molecule has 0 saturated heterocycles. The molecule has 1 aromatic carbocycles. The Bertz CT molecular complexity index is 648. The number of benzene rings is 1. The molecule has 2 rings (SSSR count). The lowest BCUT2D eigenvalue weighted by Crippen LogP contribution is -2.12.